The van der Waals surface area contributed by atoms with Gasteiger partial charge in [-0.15, -0.1) is 0 Å². The summed E-state index contributed by atoms with van der Waals surface area (Å²) in [6.07, 6.45) is 0. The Hall–Kier alpha value is -2.60. The summed E-state index contributed by atoms with van der Waals surface area (Å²) in [7, 11) is 1.52. The third-order valence-electron chi connectivity index (χ3n) is 3.57. The number of hydrogen-bond donors (Lipinski definition) is 1. The molecule has 0 unspecified atom stereocenters. The van der Waals surface area contributed by atoms with Crippen molar-refractivity contribution in [2.24, 2.45) is 0 Å². The molecule has 24 heavy (non-hydrogen) atoms. The van der Waals surface area contributed by atoms with E-state index in [-0.39, 0.29) is 18.1 Å². The van der Waals surface area contributed by atoms with E-state index < -0.39 is 5.97 Å². The molecule has 122 valence electrons. The molecule has 1 heterocycles. The standard InChI is InChI=1S/C18H14BrNO4/c1-23-12-6-4-5-11(9-12)15(21)10-24-18(22)17-16(19)13-7-2-3-8-14(13)20-17/h2-9,20H,10H2,1H3. The van der Waals surface area contributed by atoms with Crippen LogP contribution in [0.4, 0.5) is 0 Å². The number of esters is 1. The first kappa shape index (κ1) is 16.3. The Morgan fingerprint density at radius 2 is 1.92 bits per heavy atom. The Morgan fingerprint density at radius 3 is 2.67 bits per heavy atom. The molecular weight excluding hydrogens is 374 g/mol. The molecule has 0 atom stereocenters. The van der Waals surface area contributed by atoms with Crippen molar-refractivity contribution in [3.05, 3.63) is 64.3 Å². The number of halogens is 1. The van der Waals surface area contributed by atoms with E-state index in [0.717, 1.165) is 10.9 Å². The highest BCUT2D eigenvalue weighted by molar-refractivity contribution is 9.10. The lowest BCUT2D eigenvalue weighted by atomic mass is 10.1. The normalized spacial score (nSPS) is 10.6. The maximum absolute atomic E-state index is 12.2. The zero-order valence-electron chi connectivity index (χ0n) is 12.8. The van der Waals surface area contributed by atoms with E-state index in [1.165, 1.54) is 7.11 Å². The number of benzene rings is 2. The Labute approximate surface area is 146 Å². The monoisotopic (exact) mass is 387 g/mol. The van der Waals surface area contributed by atoms with Crippen molar-refractivity contribution >= 4 is 38.6 Å². The highest BCUT2D eigenvalue weighted by Gasteiger charge is 2.18. The molecule has 2 aromatic carbocycles. The summed E-state index contributed by atoms with van der Waals surface area (Å²) in [5.41, 5.74) is 1.53. The van der Waals surface area contributed by atoms with Gasteiger partial charge in [-0.2, -0.15) is 0 Å². The summed E-state index contributed by atoms with van der Waals surface area (Å²) in [5.74, 6) is -0.311. The van der Waals surface area contributed by atoms with Crippen molar-refractivity contribution in [2.45, 2.75) is 0 Å². The first-order valence-electron chi connectivity index (χ1n) is 7.20. The minimum atomic E-state index is -0.589. The van der Waals surface area contributed by atoms with Gasteiger partial charge in [-0.3, -0.25) is 4.79 Å². The van der Waals surface area contributed by atoms with Gasteiger partial charge < -0.3 is 14.5 Å². The minimum Gasteiger partial charge on any atom is -0.497 e. The second-order valence-corrected chi connectivity index (χ2v) is 5.88. The molecule has 0 bridgehead atoms. The molecule has 0 radical (unpaired) electrons. The van der Waals surface area contributed by atoms with Crippen molar-refractivity contribution < 1.29 is 19.1 Å². The number of H-pyrrole nitrogens is 1. The molecule has 1 N–H and O–H groups in total. The first-order valence-corrected chi connectivity index (χ1v) is 8.00. The van der Waals surface area contributed by atoms with Crippen LogP contribution in [0.1, 0.15) is 20.8 Å². The number of ether oxygens (including phenoxy) is 2. The SMILES string of the molecule is COc1cccc(C(=O)COC(=O)c2[nH]c3ccccc3c2Br)c1. The van der Waals surface area contributed by atoms with Crippen molar-refractivity contribution in [3.63, 3.8) is 0 Å². The van der Waals surface area contributed by atoms with Gasteiger partial charge in [0.05, 0.1) is 11.6 Å². The lowest BCUT2D eigenvalue weighted by Crippen LogP contribution is -2.15. The number of fused-ring (bicyclic) bond motifs is 1. The Kier molecular flexibility index (Phi) is 4.66. The molecule has 6 heteroatoms. The number of carbonyl (C=O) groups excluding carboxylic acids is 2. The van der Waals surface area contributed by atoms with Gasteiger partial charge in [0.2, 0.25) is 0 Å². The molecule has 0 saturated heterocycles. The van der Waals surface area contributed by atoms with E-state index in [1.807, 2.05) is 24.3 Å². The molecule has 3 aromatic rings. The third kappa shape index (κ3) is 3.19. The molecule has 0 amide bonds. The van der Waals surface area contributed by atoms with Crippen molar-refractivity contribution in [1.29, 1.82) is 0 Å². The molecule has 0 aliphatic heterocycles. The van der Waals surface area contributed by atoms with Gasteiger partial charge in [-0.25, -0.2) is 4.79 Å². The van der Waals surface area contributed by atoms with Crippen LogP contribution in [0.15, 0.2) is 53.0 Å². The summed E-state index contributed by atoms with van der Waals surface area (Å²) in [6.45, 7) is -0.339. The summed E-state index contributed by atoms with van der Waals surface area (Å²) >= 11 is 3.39. The van der Waals surface area contributed by atoms with Crippen molar-refractivity contribution in [1.82, 2.24) is 4.98 Å². The molecule has 0 aliphatic carbocycles. The fourth-order valence-corrected chi connectivity index (χ4v) is 2.94. The topological polar surface area (TPSA) is 68.4 Å². The van der Waals surface area contributed by atoms with E-state index >= 15 is 0 Å². The van der Waals surface area contributed by atoms with E-state index in [0.29, 0.717) is 15.8 Å². The Bertz CT molecular complexity index is 916. The average Bonchev–Trinajstić information content (AvgIpc) is 2.96. The van der Waals surface area contributed by atoms with Crippen LogP contribution in [0, 0.1) is 0 Å². The predicted octanol–water partition coefficient (Wildman–Crippen LogP) is 3.98. The van der Waals surface area contributed by atoms with Gasteiger partial charge in [0.25, 0.3) is 0 Å². The lowest BCUT2D eigenvalue weighted by Gasteiger charge is -2.05. The molecular formula is C18H14BrNO4. The Balaban J connectivity index is 1.72. The van der Waals surface area contributed by atoms with Crippen LogP contribution in [0.2, 0.25) is 0 Å². The summed E-state index contributed by atoms with van der Waals surface area (Å²) in [6, 6.07) is 14.2. The average molecular weight is 388 g/mol. The maximum Gasteiger partial charge on any atom is 0.356 e. The van der Waals surface area contributed by atoms with Gasteiger partial charge in [0, 0.05) is 16.5 Å². The number of aromatic nitrogens is 1. The quantitative estimate of drug-likeness (QED) is 0.530. The zero-order chi connectivity index (χ0) is 17.1. The van der Waals surface area contributed by atoms with E-state index in [2.05, 4.69) is 20.9 Å². The molecule has 1 aromatic heterocycles. The van der Waals surface area contributed by atoms with Crippen LogP contribution in [-0.2, 0) is 4.74 Å². The van der Waals surface area contributed by atoms with Crippen molar-refractivity contribution in [3.8, 4) is 5.75 Å². The number of ketones is 1. The van der Waals surface area contributed by atoms with Gasteiger partial charge in [0.1, 0.15) is 11.4 Å². The van der Waals surface area contributed by atoms with Gasteiger partial charge >= 0.3 is 5.97 Å². The van der Waals surface area contributed by atoms with Gasteiger partial charge in [0.15, 0.2) is 12.4 Å². The van der Waals surface area contributed by atoms with Crippen LogP contribution in [0.5, 0.6) is 5.75 Å². The Morgan fingerprint density at radius 1 is 1.12 bits per heavy atom. The van der Waals surface area contributed by atoms with Crippen LogP contribution >= 0.6 is 15.9 Å². The van der Waals surface area contributed by atoms with E-state index in [4.69, 9.17) is 9.47 Å². The molecule has 5 nitrogen and oxygen atoms in total. The fraction of sp³-hybridized carbons (Fsp3) is 0.111. The smallest absolute Gasteiger partial charge is 0.356 e. The summed E-state index contributed by atoms with van der Waals surface area (Å²) in [5, 5.41) is 0.878. The molecule has 3 rings (SSSR count). The maximum atomic E-state index is 12.2. The van der Waals surface area contributed by atoms with E-state index in [9.17, 15) is 9.59 Å². The highest BCUT2D eigenvalue weighted by atomic mass is 79.9. The molecule has 0 spiro atoms. The predicted molar refractivity (Wildman–Crippen MR) is 93.6 cm³/mol. The van der Waals surface area contributed by atoms with Crippen LogP contribution in [-0.4, -0.2) is 30.5 Å². The first-order chi connectivity index (χ1) is 11.6. The minimum absolute atomic E-state index is 0.287. The molecule has 0 saturated carbocycles. The van der Waals surface area contributed by atoms with Crippen LogP contribution in [0.3, 0.4) is 0 Å². The molecule has 0 fully saturated rings. The lowest BCUT2D eigenvalue weighted by molar-refractivity contribution is 0.0469. The zero-order valence-corrected chi connectivity index (χ0v) is 14.4. The second kappa shape index (κ2) is 6.88. The number of rotatable bonds is 5. The molecule has 0 aliphatic rings. The van der Waals surface area contributed by atoms with E-state index in [1.54, 1.807) is 24.3 Å². The fourth-order valence-electron chi connectivity index (χ4n) is 2.33. The number of carbonyl (C=O) groups is 2. The van der Waals surface area contributed by atoms with Crippen molar-refractivity contribution in [2.75, 3.05) is 13.7 Å². The summed E-state index contributed by atoms with van der Waals surface area (Å²) < 4.78 is 10.8. The number of para-hydroxylation sites is 1. The van der Waals surface area contributed by atoms with Crippen LogP contribution < -0.4 is 4.74 Å². The summed E-state index contributed by atoms with van der Waals surface area (Å²) in [4.78, 5) is 27.4. The number of hydrogen-bond acceptors (Lipinski definition) is 4. The van der Waals surface area contributed by atoms with Gasteiger partial charge in [-0.05, 0) is 34.1 Å². The third-order valence-corrected chi connectivity index (χ3v) is 4.40. The van der Waals surface area contributed by atoms with Crippen LogP contribution in [0.25, 0.3) is 10.9 Å². The number of nitrogens with one attached hydrogen (secondary N) is 1. The van der Waals surface area contributed by atoms with Gasteiger partial charge in [-0.1, -0.05) is 30.3 Å². The highest BCUT2D eigenvalue weighted by Crippen LogP contribution is 2.28. The second-order valence-electron chi connectivity index (χ2n) is 5.09. The number of aromatic amines is 1. The number of methoxy groups -OCH3 is 1. The largest absolute Gasteiger partial charge is 0.497 e. The number of Topliss-reactive ketones (excluding diaryl/α,β-unsaturated/α-hetero) is 1.